The Morgan fingerprint density at radius 3 is 1.72 bits per heavy atom. The molecule has 0 N–H and O–H groups in total. The maximum atomic E-state index is 2.88. The molecule has 2 heteroatoms. The zero-order valence-electron chi connectivity index (χ0n) is 17.6. The first-order chi connectivity index (χ1) is 11.7. The maximum Gasteiger partial charge on any atom is 0.00961 e. The number of nitrogens with zero attached hydrogens (tertiary/aromatic N) is 2. The van der Waals surface area contributed by atoms with Gasteiger partial charge < -0.3 is 0 Å². The molecule has 2 saturated heterocycles. The molecular weight excluding hydrogens is 304 g/mol. The lowest BCUT2D eigenvalue weighted by Gasteiger charge is -2.60. The zero-order valence-corrected chi connectivity index (χ0v) is 17.6. The van der Waals surface area contributed by atoms with Crippen molar-refractivity contribution in [3.63, 3.8) is 0 Å². The molecule has 0 aromatic heterocycles. The largest absolute Gasteiger partial charge is 0.300 e. The molecule has 4 fully saturated rings. The summed E-state index contributed by atoms with van der Waals surface area (Å²) in [5.41, 5.74) is 1.96. The fourth-order valence-corrected chi connectivity index (χ4v) is 6.56. The van der Waals surface area contributed by atoms with Crippen LogP contribution in [0.1, 0.15) is 86.0 Å². The normalized spacial score (nSPS) is 31.4. The number of rotatable bonds is 2. The topological polar surface area (TPSA) is 6.48 Å². The van der Waals surface area contributed by atoms with Crippen LogP contribution in [0, 0.1) is 22.2 Å². The predicted molar refractivity (Wildman–Crippen MR) is 107 cm³/mol. The summed E-state index contributed by atoms with van der Waals surface area (Å²) in [6.45, 7) is 17.7. The molecule has 2 aliphatic carbocycles. The van der Waals surface area contributed by atoms with Crippen molar-refractivity contribution in [2.45, 2.75) is 98.1 Å². The van der Waals surface area contributed by atoms with Crippen LogP contribution in [0.3, 0.4) is 0 Å². The Hall–Kier alpha value is -0.0800. The molecule has 2 spiro atoms. The smallest absolute Gasteiger partial charge is 0.00961 e. The second kappa shape index (κ2) is 6.23. The summed E-state index contributed by atoms with van der Waals surface area (Å²) in [4.78, 5) is 5.55. The van der Waals surface area contributed by atoms with Crippen LogP contribution in [-0.4, -0.2) is 48.1 Å². The first kappa shape index (κ1) is 18.3. The zero-order chi connectivity index (χ0) is 17.9. The van der Waals surface area contributed by atoms with Gasteiger partial charge in [-0.2, -0.15) is 0 Å². The van der Waals surface area contributed by atoms with E-state index in [-0.39, 0.29) is 0 Å². The van der Waals surface area contributed by atoms with Crippen molar-refractivity contribution >= 4 is 0 Å². The standard InChI is InChI=1S/C23H42N2/c1-18(2)24-14-23(15-24)12-8-20(9-13-23)25-16-22(17-25)10-6-19(7-11-22)21(3,4)5/h18-20H,6-17H2,1-5H3. The van der Waals surface area contributed by atoms with Crippen molar-refractivity contribution in [2.75, 3.05) is 26.2 Å². The van der Waals surface area contributed by atoms with E-state index in [1.807, 2.05) is 0 Å². The van der Waals surface area contributed by atoms with Crippen molar-refractivity contribution in [3.8, 4) is 0 Å². The van der Waals surface area contributed by atoms with Gasteiger partial charge in [0, 0.05) is 38.3 Å². The lowest BCUT2D eigenvalue weighted by molar-refractivity contribution is -0.105. The molecule has 0 aromatic carbocycles. The van der Waals surface area contributed by atoms with Gasteiger partial charge in [-0.25, -0.2) is 0 Å². The van der Waals surface area contributed by atoms with Gasteiger partial charge in [0.05, 0.1) is 0 Å². The van der Waals surface area contributed by atoms with E-state index >= 15 is 0 Å². The van der Waals surface area contributed by atoms with Crippen molar-refractivity contribution in [3.05, 3.63) is 0 Å². The second-order valence-corrected chi connectivity index (χ2v) is 11.8. The molecule has 25 heavy (non-hydrogen) atoms. The molecule has 0 radical (unpaired) electrons. The Labute approximate surface area is 156 Å². The third kappa shape index (κ3) is 3.43. The average Bonchev–Trinajstić information content (AvgIpc) is 2.49. The molecule has 4 aliphatic rings. The summed E-state index contributed by atoms with van der Waals surface area (Å²) in [6.07, 6.45) is 11.9. The van der Waals surface area contributed by atoms with Crippen molar-refractivity contribution in [1.29, 1.82) is 0 Å². The highest BCUT2D eigenvalue weighted by atomic mass is 15.3. The quantitative estimate of drug-likeness (QED) is 0.680. The van der Waals surface area contributed by atoms with Gasteiger partial charge in [0.15, 0.2) is 0 Å². The molecule has 0 aromatic rings. The molecule has 0 amide bonds. The van der Waals surface area contributed by atoms with Crippen LogP contribution in [0.2, 0.25) is 0 Å². The van der Waals surface area contributed by atoms with Gasteiger partial charge >= 0.3 is 0 Å². The van der Waals surface area contributed by atoms with Gasteiger partial charge in [-0.05, 0) is 87.4 Å². The average molecular weight is 347 g/mol. The van der Waals surface area contributed by atoms with Crippen LogP contribution in [-0.2, 0) is 0 Å². The van der Waals surface area contributed by atoms with Gasteiger partial charge in [0.2, 0.25) is 0 Å². The number of likely N-dealkylation sites (tertiary alicyclic amines) is 2. The molecule has 0 bridgehead atoms. The van der Waals surface area contributed by atoms with Gasteiger partial charge in [-0.15, -0.1) is 0 Å². The van der Waals surface area contributed by atoms with Crippen LogP contribution in [0.15, 0.2) is 0 Å². The van der Waals surface area contributed by atoms with Gasteiger partial charge in [-0.3, -0.25) is 9.80 Å². The molecule has 0 unspecified atom stereocenters. The first-order valence-corrected chi connectivity index (χ1v) is 11.2. The van der Waals surface area contributed by atoms with Crippen molar-refractivity contribution in [1.82, 2.24) is 9.80 Å². The Bertz CT molecular complexity index is 457. The lowest BCUT2D eigenvalue weighted by Crippen LogP contribution is -2.64. The number of hydrogen-bond donors (Lipinski definition) is 0. The Morgan fingerprint density at radius 1 is 0.760 bits per heavy atom. The molecule has 144 valence electrons. The SMILES string of the molecule is CC(C)N1CC2(CCC(N3CC4(CCC(C(C)(C)C)CC4)C3)CC2)C1. The molecular formula is C23H42N2. The minimum Gasteiger partial charge on any atom is -0.300 e. The van der Waals surface area contributed by atoms with Crippen LogP contribution < -0.4 is 0 Å². The third-order valence-corrected chi connectivity index (χ3v) is 8.69. The summed E-state index contributed by atoms with van der Waals surface area (Å²) in [5.74, 6) is 0.962. The highest BCUT2D eigenvalue weighted by molar-refractivity contribution is 5.05. The van der Waals surface area contributed by atoms with Crippen LogP contribution >= 0.6 is 0 Å². The minimum atomic E-state index is 0.523. The summed E-state index contributed by atoms with van der Waals surface area (Å²) >= 11 is 0. The summed E-state index contributed by atoms with van der Waals surface area (Å²) < 4.78 is 0. The van der Waals surface area contributed by atoms with Gasteiger partial charge in [0.25, 0.3) is 0 Å². The Balaban J connectivity index is 1.21. The summed E-state index contributed by atoms with van der Waals surface area (Å²) in [5, 5.41) is 0. The van der Waals surface area contributed by atoms with Gasteiger partial charge in [0.1, 0.15) is 0 Å². The predicted octanol–water partition coefficient (Wildman–Crippen LogP) is 5.18. The fraction of sp³-hybridized carbons (Fsp3) is 1.00. The molecule has 2 heterocycles. The maximum absolute atomic E-state index is 2.88. The second-order valence-electron chi connectivity index (χ2n) is 11.8. The molecule has 2 saturated carbocycles. The Kier molecular flexibility index (Phi) is 4.56. The first-order valence-electron chi connectivity index (χ1n) is 11.2. The highest BCUT2D eigenvalue weighted by Crippen LogP contribution is 2.52. The number of hydrogen-bond acceptors (Lipinski definition) is 2. The van der Waals surface area contributed by atoms with E-state index in [2.05, 4.69) is 44.4 Å². The summed E-state index contributed by atoms with van der Waals surface area (Å²) in [7, 11) is 0. The van der Waals surface area contributed by atoms with E-state index in [0.717, 1.165) is 23.4 Å². The van der Waals surface area contributed by atoms with Crippen LogP contribution in [0.4, 0.5) is 0 Å². The molecule has 0 atom stereocenters. The Morgan fingerprint density at radius 2 is 1.24 bits per heavy atom. The molecule has 4 rings (SSSR count). The fourth-order valence-electron chi connectivity index (χ4n) is 6.56. The third-order valence-electron chi connectivity index (χ3n) is 8.69. The van der Waals surface area contributed by atoms with Crippen molar-refractivity contribution in [2.24, 2.45) is 22.2 Å². The minimum absolute atomic E-state index is 0.523. The van der Waals surface area contributed by atoms with E-state index in [1.165, 1.54) is 77.5 Å². The highest BCUT2D eigenvalue weighted by Gasteiger charge is 2.51. The van der Waals surface area contributed by atoms with Crippen LogP contribution in [0.5, 0.6) is 0 Å². The van der Waals surface area contributed by atoms with E-state index in [4.69, 9.17) is 0 Å². The monoisotopic (exact) mass is 346 g/mol. The lowest BCUT2D eigenvalue weighted by atomic mass is 9.60. The molecule has 2 aliphatic heterocycles. The van der Waals surface area contributed by atoms with E-state index in [0.29, 0.717) is 10.8 Å². The van der Waals surface area contributed by atoms with E-state index in [9.17, 15) is 0 Å². The van der Waals surface area contributed by atoms with Crippen LogP contribution in [0.25, 0.3) is 0 Å². The molecule has 2 nitrogen and oxygen atoms in total. The van der Waals surface area contributed by atoms with Gasteiger partial charge in [-0.1, -0.05) is 20.8 Å². The van der Waals surface area contributed by atoms with Crippen molar-refractivity contribution < 1.29 is 0 Å². The van der Waals surface area contributed by atoms with E-state index < -0.39 is 0 Å². The summed E-state index contributed by atoms with van der Waals surface area (Å²) in [6, 6.07) is 1.67. The van der Waals surface area contributed by atoms with E-state index in [1.54, 1.807) is 0 Å².